The second-order valence-corrected chi connectivity index (χ2v) is 8.71. The average molecular weight is 484 g/mol. The van der Waals surface area contributed by atoms with Crippen LogP contribution in [0, 0.1) is 10.8 Å². The monoisotopic (exact) mass is 484 g/mol. The standard InChI is InChI=1S/C22H25F5N6O/c23-17(24)12-30-20-15(11-28)29-13-18(32-20)33-8-6-21(7-9-33)5-4-14(10-21)34-19-3-1-2-16(31-19)22(25,26)27/h1-3,11,13-14,17,28H,4-10,12H2,(H,30,32). The van der Waals surface area contributed by atoms with Crippen LogP contribution in [0.2, 0.25) is 0 Å². The minimum Gasteiger partial charge on any atom is -0.474 e. The Bertz CT molecular complexity index is 1010. The van der Waals surface area contributed by atoms with Crippen LogP contribution < -0.4 is 15.0 Å². The van der Waals surface area contributed by atoms with E-state index in [2.05, 4.69) is 20.3 Å². The summed E-state index contributed by atoms with van der Waals surface area (Å²) in [5.41, 5.74) is -0.748. The summed E-state index contributed by atoms with van der Waals surface area (Å²) in [7, 11) is 0. The second kappa shape index (κ2) is 9.67. The predicted molar refractivity (Wildman–Crippen MR) is 116 cm³/mol. The van der Waals surface area contributed by atoms with Gasteiger partial charge in [0.2, 0.25) is 5.88 Å². The third-order valence-corrected chi connectivity index (χ3v) is 6.46. The molecule has 1 saturated carbocycles. The first-order valence-electron chi connectivity index (χ1n) is 11.0. The van der Waals surface area contributed by atoms with Gasteiger partial charge in [-0.25, -0.2) is 23.7 Å². The zero-order valence-corrected chi connectivity index (χ0v) is 18.3. The maximum Gasteiger partial charge on any atom is 0.433 e. The number of aromatic nitrogens is 3. The number of nitrogens with one attached hydrogen (secondary N) is 2. The normalized spacial score (nSPS) is 20.1. The van der Waals surface area contributed by atoms with Gasteiger partial charge in [0, 0.05) is 25.4 Å². The molecule has 1 aliphatic heterocycles. The Kier molecular flexibility index (Phi) is 6.85. The summed E-state index contributed by atoms with van der Waals surface area (Å²) in [6.45, 7) is 0.785. The summed E-state index contributed by atoms with van der Waals surface area (Å²) >= 11 is 0. The molecule has 2 aliphatic rings. The molecule has 184 valence electrons. The highest BCUT2D eigenvalue weighted by Gasteiger charge is 2.43. The number of pyridine rings is 1. The number of hydrogen-bond acceptors (Lipinski definition) is 7. The highest BCUT2D eigenvalue weighted by molar-refractivity contribution is 5.81. The van der Waals surface area contributed by atoms with Crippen molar-refractivity contribution in [3.05, 3.63) is 35.8 Å². The Morgan fingerprint density at radius 1 is 1.21 bits per heavy atom. The fourth-order valence-corrected chi connectivity index (χ4v) is 4.68. The van der Waals surface area contributed by atoms with Gasteiger partial charge in [0.1, 0.15) is 23.3 Å². The van der Waals surface area contributed by atoms with Gasteiger partial charge >= 0.3 is 6.18 Å². The predicted octanol–water partition coefficient (Wildman–Crippen LogP) is 4.78. The Labute approximate surface area is 193 Å². The van der Waals surface area contributed by atoms with Crippen molar-refractivity contribution in [1.29, 1.82) is 5.41 Å². The molecule has 2 N–H and O–H groups in total. The average Bonchev–Trinajstić information content (AvgIpc) is 3.19. The van der Waals surface area contributed by atoms with Crippen molar-refractivity contribution < 1.29 is 26.7 Å². The van der Waals surface area contributed by atoms with Gasteiger partial charge in [0.05, 0.1) is 12.7 Å². The topological polar surface area (TPSA) is 87.0 Å². The van der Waals surface area contributed by atoms with Crippen LogP contribution in [0.25, 0.3) is 0 Å². The second-order valence-electron chi connectivity index (χ2n) is 8.71. The first kappa shape index (κ1) is 24.1. The maximum absolute atomic E-state index is 12.9. The maximum atomic E-state index is 12.9. The largest absolute Gasteiger partial charge is 0.474 e. The molecule has 1 aliphatic carbocycles. The first-order chi connectivity index (χ1) is 16.2. The van der Waals surface area contributed by atoms with E-state index in [4.69, 9.17) is 10.1 Å². The Morgan fingerprint density at radius 2 is 1.97 bits per heavy atom. The third kappa shape index (κ3) is 5.53. The first-order valence-corrected chi connectivity index (χ1v) is 11.0. The van der Waals surface area contributed by atoms with Crippen LogP contribution in [0.4, 0.5) is 33.6 Å². The molecule has 7 nitrogen and oxygen atoms in total. The number of rotatable bonds is 7. The molecule has 0 aromatic carbocycles. The summed E-state index contributed by atoms with van der Waals surface area (Å²) in [6, 6.07) is 3.66. The lowest BCUT2D eigenvalue weighted by Gasteiger charge is -2.40. The van der Waals surface area contributed by atoms with E-state index in [-0.39, 0.29) is 28.9 Å². The van der Waals surface area contributed by atoms with Crippen molar-refractivity contribution in [3.8, 4) is 5.88 Å². The molecule has 0 bridgehead atoms. The Balaban J connectivity index is 1.36. The number of nitrogens with zero attached hydrogens (tertiary/aromatic N) is 4. The fourth-order valence-electron chi connectivity index (χ4n) is 4.68. The van der Waals surface area contributed by atoms with Crippen LogP contribution >= 0.6 is 0 Å². The van der Waals surface area contributed by atoms with Gasteiger partial charge in [-0.3, -0.25) is 0 Å². The Morgan fingerprint density at radius 3 is 2.65 bits per heavy atom. The number of halogens is 5. The van der Waals surface area contributed by atoms with Crippen molar-refractivity contribution in [2.45, 2.75) is 50.8 Å². The highest BCUT2D eigenvalue weighted by Crippen LogP contribution is 2.47. The number of anilines is 2. The van der Waals surface area contributed by atoms with E-state index in [0.717, 1.165) is 44.4 Å². The molecular weight excluding hydrogens is 459 g/mol. The molecule has 0 amide bonds. The smallest absolute Gasteiger partial charge is 0.433 e. The van der Waals surface area contributed by atoms with Crippen molar-refractivity contribution in [1.82, 2.24) is 15.0 Å². The summed E-state index contributed by atoms with van der Waals surface area (Å²) in [5.74, 6) is 0.687. The molecule has 34 heavy (non-hydrogen) atoms. The molecule has 2 fully saturated rings. The Hall–Kier alpha value is -3.05. The zero-order valence-electron chi connectivity index (χ0n) is 18.3. The van der Waals surface area contributed by atoms with Gasteiger partial charge in [0.25, 0.3) is 6.43 Å². The molecule has 0 radical (unpaired) electrons. The van der Waals surface area contributed by atoms with Gasteiger partial charge in [-0.05, 0) is 43.6 Å². The van der Waals surface area contributed by atoms with Crippen LogP contribution in [0.1, 0.15) is 43.5 Å². The van der Waals surface area contributed by atoms with Crippen LogP contribution in [0.3, 0.4) is 0 Å². The van der Waals surface area contributed by atoms with Crippen LogP contribution in [0.15, 0.2) is 24.4 Å². The lowest BCUT2D eigenvalue weighted by Crippen LogP contribution is -2.40. The molecule has 1 unspecified atom stereocenters. The zero-order chi connectivity index (χ0) is 24.3. The molecule has 1 saturated heterocycles. The summed E-state index contributed by atoms with van der Waals surface area (Å²) < 4.78 is 69.7. The molecule has 2 aromatic heterocycles. The van der Waals surface area contributed by atoms with Gasteiger partial charge < -0.3 is 20.4 Å². The van der Waals surface area contributed by atoms with Crippen LogP contribution in [0.5, 0.6) is 5.88 Å². The van der Waals surface area contributed by atoms with E-state index in [1.165, 1.54) is 18.3 Å². The molecule has 2 aromatic rings. The molecule has 1 atom stereocenters. The van der Waals surface area contributed by atoms with Crippen molar-refractivity contribution in [2.75, 3.05) is 29.9 Å². The van der Waals surface area contributed by atoms with E-state index in [1.54, 1.807) is 0 Å². The molecule has 1 spiro atoms. The fraction of sp³-hybridized carbons (Fsp3) is 0.545. The molecular formula is C22H25F5N6O. The van der Waals surface area contributed by atoms with E-state index >= 15 is 0 Å². The van der Waals surface area contributed by atoms with E-state index in [0.29, 0.717) is 18.9 Å². The number of ether oxygens (including phenoxy) is 1. The summed E-state index contributed by atoms with van der Waals surface area (Å²) in [6.07, 6.45) is -0.692. The third-order valence-electron chi connectivity index (χ3n) is 6.46. The number of piperidine rings is 1. The van der Waals surface area contributed by atoms with Gasteiger partial charge in [0.15, 0.2) is 5.82 Å². The summed E-state index contributed by atoms with van der Waals surface area (Å²) in [5, 5.41) is 9.93. The minimum absolute atomic E-state index is 0.0142. The lowest BCUT2D eigenvalue weighted by atomic mass is 9.77. The van der Waals surface area contributed by atoms with Crippen LogP contribution in [-0.4, -0.2) is 53.3 Å². The van der Waals surface area contributed by atoms with Gasteiger partial charge in [-0.2, -0.15) is 13.2 Å². The van der Waals surface area contributed by atoms with Gasteiger partial charge in [-0.1, -0.05) is 6.07 Å². The quantitative estimate of drug-likeness (QED) is 0.434. The van der Waals surface area contributed by atoms with Crippen molar-refractivity contribution >= 4 is 17.9 Å². The van der Waals surface area contributed by atoms with E-state index in [9.17, 15) is 22.0 Å². The van der Waals surface area contributed by atoms with Crippen molar-refractivity contribution in [2.24, 2.45) is 5.41 Å². The van der Waals surface area contributed by atoms with E-state index < -0.39 is 24.8 Å². The molecule has 3 heterocycles. The molecule has 4 rings (SSSR count). The van der Waals surface area contributed by atoms with E-state index in [1.807, 2.05) is 4.90 Å². The van der Waals surface area contributed by atoms with Gasteiger partial charge in [-0.15, -0.1) is 0 Å². The minimum atomic E-state index is -4.52. The molecule has 12 heteroatoms. The van der Waals surface area contributed by atoms with Crippen LogP contribution in [-0.2, 0) is 6.18 Å². The van der Waals surface area contributed by atoms with Crippen molar-refractivity contribution in [3.63, 3.8) is 0 Å². The number of hydrogen-bond donors (Lipinski definition) is 2. The number of alkyl halides is 5. The summed E-state index contributed by atoms with van der Waals surface area (Å²) in [4.78, 5) is 14.2. The highest BCUT2D eigenvalue weighted by atomic mass is 19.4. The lowest BCUT2D eigenvalue weighted by molar-refractivity contribution is -0.141. The SMILES string of the molecule is N=Cc1ncc(N2CCC3(CCC(Oc4cccc(C(F)(F)F)n4)C3)CC2)nc1NCC(F)F.